The quantitative estimate of drug-likeness (QED) is 0.247. The van der Waals surface area contributed by atoms with E-state index in [4.69, 9.17) is 18.9 Å². The maximum Gasteiger partial charge on any atom is 0.338 e. The fourth-order valence-corrected chi connectivity index (χ4v) is 4.91. The van der Waals surface area contributed by atoms with Crippen molar-refractivity contribution in [2.75, 3.05) is 19.5 Å². The van der Waals surface area contributed by atoms with Crippen LogP contribution in [0.5, 0.6) is 0 Å². The largest absolute Gasteiger partial charge is 0.772 e. The smallest absolute Gasteiger partial charge is 0.338 e. The molecular formula is C26H29O8S-. The Morgan fingerprint density at radius 3 is 2.20 bits per heavy atom. The Hall–Kier alpha value is -2.85. The Labute approximate surface area is 207 Å². The van der Waals surface area contributed by atoms with Crippen molar-refractivity contribution in [3.8, 4) is 0 Å². The number of rotatable bonds is 12. The monoisotopic (exact) mass is 501 g/mol. The van der Waals surface area contributed by atoms with Crippen molar-refractivity contribution in [3.05, 3.63) is 84.4 Å². The maximum atomic E-state index is 12.7. The van der Waals surface area contributed by atoms with Crippen molar-refractivity contribution in [2.24, 2.45) is 5.92 Å². The molecule has 35 heavy (non-hydrogen) atoms. The molecule has 0 bridgehead atoms. The van der Waals surface area contributed by atoms with Gasteiger partial charge in [-0.25, -0.2) is 9.59 Å². The van der Waals surface area contributed by atoms with Gasteiger partial charge in [0.05, 0.1) is 29.4 Å². The van der Waals surface area contributed by atoms with Crippen LogP contribution in [0.25, 0.3) is 0 Å². The molecule has 0 amide bonds. The van der Waals surface area contributed by atoms with Gasteiger partial charge in [-0.2, -0.15) is 0 Å². The zero-order valence-corrected chi connectivity index (χ0v) is 20.3. The first-order valence-corrected chi connectivity index (χ1v) is 12.5. The number of esters is 2. The molecule has 1 saturated heterocycles. The number of methoxy groups -OCH3 is 1. The summed E-state index contributed by atoms with van der Waals surface area (Å²) in [6.07, 6.45) is -0.154. The van der Waals surface area contributed by atoms with Crippen LogP contribution in [0.4, 0.5) is 0 Å². The molecule has 6 atom stereocenters. The van der Waals surface area contributed by atoms with E-state index in [0.717, 1.165) is 0 Å². The summed E-state index contributed by atoms with van der Waals surface area (Å²) >= 11 is -2.29. The van der Waals surface area contributed by atoms with Crippen LogP contribution in [0.1, 0.15) is 33.6 Å². The summed E-state index contributed by atoms with van der Waals surface area (Å²) in [7, 11) is 1.48. The molecule has 9 heteroatoms. The predicted molar refractivity (Wildman–Crippen MR) is 129 cm³/mol. The molecule has 1 heterocycles. The molecule has 1 fully saturated rings. The van der Waals surface area contributed by atoms with Crippen LogP contribution in [0.15, 0.2) is 73.3 Å². The van der Waals surface area contributed by atoms with Crippen LogP contribution in [0.3, 0.4) is 0 Å². The average molecular weight is 502 g/mol. The summed E-state index contributed by atoms with van der Waals surface area (Å²) in [5.41, 5.74) is 0.725. The molecule has 1 aliphatic heterocycles. The fourth-order valence-electron chi connectivity index (χ4n) is 4.19. The maximum absolute atomic E-state index is 12.7. The molecule has 188 valence electrons. The molecule has 1 aliphatic rings. The van der Waals surface area contributed by atoms with E-state index in [9.17, 15) is 18.4 Å². The first-order chi connectivity index (χ1) is 16.9. The molecule has 0 saturated carbocycles. The summed E-state index contributed by atoms with van der Waals surface area (Å²) in [5, 5.41) is 0. The second-order valence-electron chi connectivity index (χ2n) is 8.17. The number of hydrogen-bond acceptors (Lipinski definition) is 8. The van der Waals surface area contributed by atoms with Crippen LogP contribution in [0.2, 0.25) is 0 Å². The Balaban J connectivity index is 1.76. The first-order valence-electron chi connectivity index (χ1n) is 11.3. The standard InChI is InChI=1S/C26H30O8S/c1-3-10-22-21(17-35(29)30)24(31-2)23(34-22)15-20(33-26(28)19-13-8-5-9-14-19)16-32-25(27)18-11-6-4-7-12-18/h3-9,11-14,20-24H,1,10,15-17H2,2H3,(H,29,30)/p-1/t20-,21-,22-,23+,24+/m0/s1. The fraction of sp³-hybridized carbons (Fsp3) is 0.385. The van der Waals surface area contributed by atoms with Gasteiger partial charge >= 0.3 is 11.9 Å². The minimum atomic E-state index is -2.29. The lowest BCUT2D eigenvalue weighted by Crippen LogP contribution is -2.37. The zero-order valence-electron chi connectivity index (χ0n) is 19.4. The minimum Gasteiger partial charge on any atom is -0.772 e. The molecule has 0 aliphatic carbocycles. The van der Waals surface area contributed by atoms with Crippen LogP contribution in [-0.2, 0) is 30.0 Å². The molecule has 0 N–H and O–H groups in total. The van der Waals surface area contributed by atoms with E-state index in [-0.39, 0.29) is 18.8 Å². The molecule has 0 aromatic heterocycles. The molecule has 2 aromatic carbocycles. The van der Waals surface area contributed by atoms with E-state index in [1.807, 2.05) is 0 Å². The lowest BCUT2D eigenvalue weighted by atomic mass is 9.94. The van der Waals surface area contributed by atoms with Crippen molar-refractivity contribution in [2.45, 2.75) is 37.3 Å². The van der Waals surface area contributed by atoms with Gasteiger partial charge in [0.2, 0.25) is 0 Å². The van der Waals surface area contributed by atoms with E-state index < -0.39 is 53.4 Å². The molecule has 0 spiro atoms. The second kappa shape index (κ2) is 13.3. The lowest BCUT2D eigenvalue weighted by Gasteiger charge is -2.26. The van der Waals surface area contributed by atoms with Crippen molar-refractivity contribution >= 4 is 23.0 Å². The van der Waals surface area contributed by atoms with Gasteiger partial charge in [0.25, 0.3) is 0 Å². The molecule has 2 aromatic rings. The average Bonchev–Trinajstić information content (AvgIpc) is 3.18. The third-order valence-electron chi connectivity index (χ3n) is 5.80. The molecule has 0 radical (unpaired) electrons. The van der Waals surface area contributed by atoms with Crippen LogP contribution >= 0.6 is 0 Å². The van der Waals surface area contributed by atoms with Gasteiger partial charge in [-0.1, -0.05) is 53.6 Å². The van der Waals surface area contributed by atoms with Crippen LogP contribution in [0, 0.1) is 5.92 Å². The minimum absolute atomic E-state index is 0.134. The van der Waals surface area contributed by atoms with E-state index in [1.54, 1.807) is 66.7 Å². The molecule has 8 nitrogen and oxygen atoms in total. The van der Waals surface area contributed by atoms with Crippen molar-refractivity contribution < 1.29 is 37.3 Å². The van der Waals surface area contributed by atoms with Gasteiger partial charge in [0.15, 0.2) is 0 Å². The van der Waals surface area contributed by atoms with Gasteiger partial charge in [-0.3, -0.25) is 4.21 Å². The van der Waals surface area contributed by atoms with Crippen molar-refractivity contribution in [1.82, 2.24) is 0 Å². The SMILES string of the molecule is C=CC[C@@H]1O[C@H](C[C@@H](COC(=O)c2ccccc2)OC(=O)c2ccccc2)[C@H](OC)[C@H]1CS(=O)[O-]. The van der Waals surface area contributed by atoms with E-state index >= 15 is 0 Å². The van der Waals surface area contributed by atoms with Gasteiger partial charge in [-0.15, -0.1) is 6.58 Å². The third kappa shape index (κ3) is 7.57. The Kier molecular flexibility index (Phi) is 10.2. The zero-order chi connectivity index (χ0) is 25.2. The molecule has 3 rings (SSSR count). The van der Waals surface area contributed by atoms with Crippen LogP contribution < -0.4 is 0 Å². The highest BCUT2D eigenvalue weighted by Crippen LogP contribution is 2.34. The number of carbonyl (C=O) groups is 2. The van der Waals surface area contributed by atoms with Gasteiger partial charge in [-0.05, 0) is 30.7 Å². The number of hydrogen-bond donors (Lipinski definition) is 0. The lowest BCUT2D eigenvalue weighted by molar-refractivity contribution is -0.0516. The van der Waals surface area contributed by atoms with Crippen molar-refractivity contribution in [1.29, 1.82) is 0 Å². The number of benzene rings is 2. The highest BCUT2D eigenvalue weighted by Gasteiger charge is 2.45. The summed E-state index contributed by atoms with van der Waals surface area (Å²) in [4.78, 5) is 25.2. The Morgan fingerprint density at radius 1 is 1.06 bits per heavy atom. The van der Waals surface area contributed by atoms with Crippen LogP contribution in [-0.4, -0.2) is 64.6 Å². The predicted octanol–water partition coefficient (Wildman–Crippen LogP) is 3.31. The van der Waals surface area contributed by atoms with E-state index in [1.165, 1.54) is 7.11 Å². The molecular weight excluding hydrogens is 472 g/mol. The summed E-state index contributed by atoms with van der Waals surface area (Å²) in [5.74, 6) is -1.67. The van der Waals surface area contributed by atoms with E-state index in [2.05, 4.69) is 6.58 Å². The third-order valence-corrected chi connectivity index (χ3v) is 6.46. The van der Waals surface area contributed by atoms with Gasteiger partial charge in [0, 0.05) is 25.2 Å². The normalized spacial score (nSPS) is 23.3. The summed E-state index contributed by atoms with van der Waals surface area (Å²) in [6.45, 7) is 3.52. The van der Waals surface area contributed by atoms with Crippen molar-refractivity contribution in [3.63, 3.8) is 0 Å². The Morgan fingerprint density at radius 2 is 1.66 bits per heavy atom. The van der Waals surface area contributed by atoms with Gasteiger partial charge < -0.3 is 23.5 Å². The van der Waals surface area contributed by atoms with Gasteiger partial charge in [0.1, 0.15) is 12.7 Å². The summed E-state index contributed by atoms with van der Waals surface area (Å²) in [6, 6.07) is 16.9. The topological polar surface area (TPSA) is 111 Å². The van der Waals surface area contributed by atoms with E-state index in [0.29, 0.717) is 17.5 Å². The summed E-state index contributed by atoms with van der Waals surface area (Å²) < 4.78 is 45.8. The Bertz CT molecular complexity index is 997. The first kappa shape index (κ1) is 26.7. The second-order valence-corrected chi connectivity index (χ2v) is 9.11. The number of ether oxygens (including phenoxy) is 4. The number of carbonyl (C=O) groups excluding carboxylic acids is 2. The molecule has 1 unspecified atom stereocenters. The highest BCUT2D eigenvalue weighted by atomic mass is 32.2. The highest BCUT2D eigenvalue weighted by molar-refractivity contribution is 7.79.